The summed E-state index contributed by atoms with van der Waals surface area (Å²) in [6.07, 6.45) is 1.19. The highest BCUT2D eigenvalue weighted by atomic mass is 16.2. The summed E-state index contributed by atoms with van der Waals surface area (Å²) in [4.78, 5) is 23.2. The molecule has 0 fully saturated rings. The second-order valence-corrected chi connectivity index (χ2v) is 4.95. The number of carbonyl (C=O) groups is 2. The molecule has 0 aromatic heterocycles. The van der Waals surface area contributed by atoms with Crippen molar-refractivity contribution in [3.05, 3.63) is 29.8 Å². The fourth-order valence-electron chi connectivity index (χ4n) is 1.72. The quantitative estimate of drug-likeness (QED) is 0.732. The molecule has 0 saturated carbocycles. The summed E-state index contributed by atoms with van der Waals surface area (Å²) in [7, 11) is 1.60. The summed E-state index contributed by atoms with van der Waals surface area (Å²) in [6, 6.07) is 6.68. The van der Waals surface area contributed by atoms with Gasteiger partial charge in [0, 0.05) is 12.7 Å². The maximum absolute atomic E-state index is 11.9. The number of hydrogen-bond donors (Lipinski definition) is 3. The molecule has 5 heteroatoms. The molecule has 1 aromatic rings. The lowest BCUT2D eigenvalue weighted by atomic mass is 9.99. The Bertz CT molecular complexity index is 457. The van der Waals surface area contributed by atoms with Crippen LogP contribution < -0.4 is 16.4 Å². The Morgan fingerprint density at radius 2 is 1.85 bits per heavy atom. The molecule has 110 valence electrons. The lowest BCUT2D eigenvalue weighted by Gasteiger charge is -2.17. The van der Waals surface area contributed by atoms with Gasteiger partial charge in [0.05, 0.1) is 12.5 Å². The Hall–Kier alpha value is -1.88. The molecule has 0 aliphatic carbocycles. The largest absolute Gasteiger partial charge is 0.359 e. The zero-order valence-electron chi connectivity index (χ0n) is 12.3. The summed E-state index contributed by atoms with van der Waals surface area (Å²) >= 11 is 0. The second-order valence-electron chi connectivity index (χ2n) is 4.95. The molecule has 0 heterocycles. The Kier molecular flexibility index (Phi) is 6.18. The molecule has 0 saturated heterocycles. The predicted molar refractivity (Wildman–Crippen MR) is 80.3 cm³/mol. The van der Waals surface area contributed by atoms with Crippen LogP contribution in [-0.4, -0.2) is 24.9 Å². The molecule has 1 rings (SSSR count). The van der Waals surface area contributed by atoms with E-state index in [2.05, 4.69) is 10.6 Å². The Balaban J connectivity index is 2.61. The lowest BCUT2D eigenvalue weighted by Crippen LogP contribution is -2.40. The van der Waals surface area contributed by atoms with Crippen molar-refractivity contribution in [1.29, 1.82) is 0 Å². The first-order valence-electron chi connectivity index (χ1n) is 6.83. The highest BCUT2D eigenvalue weighted by Gasteiger charge is 2.19. The molecule has 0 aliphatic rings. The molecule has 1 aromatic carbocycles. The first-order chi connectivity index (χ1) is 9.47. The molecule has 0 bridgehead atoms. The number of benzene rings is 1. The van der Waals surface area contributed by atoms with Crippen LogP contribution >= 0.6 is 0 Å². The van der Waals surface area contributed by atoms with E-state index < -0.39 is 6.04 Å². The van der Waals surface area contributed by atoms with Gasteiger partial charge in [-0.15, -0.1) is 0 Å². The molecule has 2 atom stereocenters. The fourth-order valence-corrected chi connectivity index (χ4v) is 1.72. The van der Waals surface area contributed by atoms with Gasteiger partial charge in [0.15, 0.2) is 0 Å². The smallest absolute Gasteiger partial charge is 0.241 e. The highest BCUT2D eigenvalue weighted by molar-refractivity contribution is 5.94. The van der Waals surface area contributed by atoms with Gasteiger partial charge in [-0.1, -0.05) is 32.4 Å². The molecule has 4 N–H and O–H groups in total. The van der Waals surface area contributed by atoms with Crippen LogP contribution in [0.15, 0.2) is 24.3 Å². The van der Waals surface area contributed by atoms with Crippen molar-refractivity contribution in [3.8, 4) is 0 Å². The van der Waals surface area contributed by atoms with Crippen molar-refractivity contribution in [3.63, 3.8) is 0 Å². The summed E-state index contributed by atoms with van der Waals surface area (Å²) in [5, 5.41) is 5.36. The molecule has 0 aliphatic heterocycles. The van der Waals surface area contributed by atoms with Crippen LogP contribution in [0.1, 0.15) is 25.8 Å². The van der Waals surface area contributed by atoms with Gasteiger partial charge in [0.2, 0.25) is 11.8 Å². The van der Waals surface area contributed by atoms with Gasteiger partial charge in [-0.05, 0) is 23.6 Å². The number of amides is 2. The van der Waals surface area contributed by atoms with E-state index in [-0.39, 0.29) is 17.7 Å². The lowest BCUT2D eigenvalue weighted by molar-refractivity contribution is -0.120. The van der Waals surface area contributed by atoms with E-state index in [4.69, 9.17) is 5.73 Å². The van der Waals surface area contributed by atoms with E-state index in [1.54, 1.807) is 19.2 Å². The second kappa shape index (κ2) is 7.65. The van der Waals surface area contributed by atoms with Crippen LogP contribution in [0.2, 0.25) is 0 Å². The first kappa shape index (κ1) is 16.2. The third-order valence-electron chi connectivity index (χ3n) is 3.42. The monoisotopic (exact) mass is 277 g/mol. The van der Waals surface area contributed by atoms with E-state index in [1.807, 2.05) is 26.0 Å². The SMILES string of the molecule is CCC(C)[C@H](N)C(=O)Nc1ccc(CC(=O)NC)cc1. The van der Waals surface area contributed by atoms with Crippen LogP contribution in [0, 0.1) is 5.92 Å². The fraction of sp³-hybridized carbons (Fsp3) is 0.467. The average molecular weight is 277 g/mol. The number of hydrogen-bond acceptors (Lipinski definition) is 3. The van der Waals surface area contributed by atoms with Crippen molar-refractivity contribution in [2.75, 3.05) is 12.4 Å². The standard InChI is InChI=1S/C15H23N3O2/c1-4-10(2)14(16)15(20)18-12-7-5-11(6-8-12)9-13(19)17-3/h5-8,10,14H,4,9,16H2,1-3H3,(H,17,19)(H,18,20)/t10?,14-/m0/s1. The first-order valence-corrected chi connectivity index (χ1v) is 6.83. The third-order valence-corrected chi connectivity index (χ3v) is 3.42. The van der Waals surface area contributed by atoms with Gasteiger partial charge >= 0.3 is 0 Å². The minimum atomic E-state index is -0.509. The van der Waals surface area contributed by atoms with Gasteiger partial charge in [-0.25, -0.2) is 0 Å². The molecule has 1 unspecified atom stereocenters. The summed E-state index contributed by atoms with van der Waals surface area (Å²) < 4.78 is 0. The minimum Gasteiger partial charge on any atom is -0.359 e. The van der Waals surface area contributed by atoms with Crippen molar-refractivity contribution in [2.45, 2.75) is 32.7 Å². The number of likely N-dealkylation sites (N-methyl/N-ethyl adjacent to an activating group) is 1. The van der Waals surface area contributed by atoms with Gasteiger partial charge < -0.3 is 16.4 Å². The summed E-state index contributed by atoms with van der Waals surface area (Å²) in [5.74, 6) is -0.0819. The third kappa shape index (κ3) is 4.66. The Morgan fingerprint density at radius 1 is 1.25 bits per heavy atom. The van der Waals surface area contributed by atoms with Gasteiger partial charge in [-0.2, -0.15) is 0 Å². The number of carbonyl (C=O) groups excluding carboxylic acids is 2. The number of nitrogens with one attached hydrogen (secondary N) is 2. The molecule has 2 amide bonds. The average Bonchev–Trinajstić information content (AvgIpc) is 2.47. The molecule has 20 heavy (non-hydrogen) atoms. The van der Waals surface area contributed by atoms with Crippen molar-refractivity contribution >= 4 is 17.5 Å². The molecular weight excluding hydrogens is 254 g/mol. The Morgan fingerprint density at radius 3 is 2.35 bits per heavy atom. The maximum atomic E-state index is 11.9. The van der Waals surface area contributed by atoms with Crippen molar-refractivity contribution in [2.24, 2.45) is 11.7 Å². The number of rotatable bonds is 6. The van der Waals surface area contributed by atoms with E-state index in [0.717, 1.165) is 12.0 Å². The van der Waals surface area contributed by atoms with E-state index in [9.17, 15) is 9.59 Å². The van der Waals surface area contributed by atoms with Gasteiger partial charge in [0.1, 0.15) is 0 Å². The maximum Gasteiger partial charge on any atom is 0.241 e. The topological polar surface area (TPSA) is 84.2 Å². The van der Waals surface area contributed by atoms with Crippen LogP contribution in [0.5, 0.6) is 0 Å². The minimum absolute atomic E-state index is 0.0411. The Labute approximate surface area is 119 Å². The van der Waals surface area contributed by atoms with Crippen molar-refractivity contribution in [1.82, 2.24) is 5.32 Å². The highest BCUT2D eigenvalue weighted by Crippen LogP contribution is 2.12. The number of anilines is 1. The van der Waals surface area contributed by atoms with Crippen LogP contribution in [-0.2, 0) is 16.0 Å². The normalized spacial score (nSPS) is 13.4. The number of nitrogens with two attached hydrogens (primary N) is 1. The molecule has 0 spiro atoms. The predicted octanol–water partition coefficient (Wildman–Crippen LogP) is 1.29. The molecule has 5 nitrogen and oxygen atoms in total. The van der Waals surface area contributed by atoms with Crippen LogP contribution in [0.3, 0.4) is 0 Å². The van der Waals surface area contributed by atoms with Crippen LogP contribution in [0.25, 0.3) is 0 Å². The van der Waals surface area contributed by atoms with E-state index >= 15 is 0 Å². The van der Waals surface area contributed by atoms with E-state index in [0.29, 0.717) is 12.1 Å². The summed E-state index contributed by atoms with van der Waals surface area (Å²) in [6.45, 7) is 3.96. The van der Waals surface area contributed by atoms with Crippen LogP contribution in [0.4, 0.5) is 5.69 Å². The van der Waals surface area contributed by atoms with Gasteiger partial charge in [-0.3, -0.25) is 9.59 Å². The summed E-state index contributed by atoms with van der Waals surface area (Å²) in [5.41, 5.74) is 7.45. The zero-order chi connectivity index (χ0) is 15.1. The molecule has 0 radical (unpaired) electrons. The van der Waals surface area contributed by atoms with Crippen molar-refractivity contribution < 1.29 is 9.59 Å². The van der Waals surface area contributed by atoms with E-state index in [1.165, 1.54) is 0 Å². The zero-order valence-corrected chi connectivity index (χ0v) is 12.3. The molecular formula is C15H23N3O2. The van der Waals surface area contributed by atoms with Gasteiger partial charge in [0.25, 0.3) is 0 Å².